The Hall–Kier alpha value is -1.61. The third kappa shape index (κ3) is 1.99. The second-order valence-electron chi connectivity index (χ2n) is 3.49. The summed E-state index contributed by atoms with van der Waals surface area (Å²) < 4.78 is 5.07. The number of aryl methyl sites for hydroxylation is 1. The minimum atomic E-state index is 0.0615. The highest BCUT2D eigenvalue weighted by Gasteiger charge is 2.13. The lowest BCUT2D eigenvalue weighted by molar-refractivity contribution is 0.104. The number of rotatable bonds is 3. The Morgan fingerprint density at radius 3 is 2.69 bits per heavy atom. The van der Waals surface area contributed by atoms with E-state index in [1.807, 2.05) is 36.6 Å². The van der Waals surface area contributed by atoms with Crippen molar-refractivity contribution in [3.63, 3.8) is 0 Å². The van der Waals surface area contributed by atoms with E-state index in [0.717, 1.165) is 16.9 Å². The van der Waals surface area contributed by atoms with Gasteiger partial charge in [-0.15, -0.1) is 11.3 Å². The molecule has 0 N–H and O–H groups in total. The van der Waals surface area contributed by atoms with Gasteiger partial charge in [0.1, 0.15) is 5.75 Å². The average molecular weight is 232 g/mol. The van der Waals surface area contributed by atoms with Crippen molar-refractivity contribution in [1.82, 2.24) is 0 Å². The van der Waals surface area contributed by atoms with Gasteiger partial charge in [-0.1, -0.05) is 24.3 Å². The first-order valence-electron chi connectivity index (χ1n) is 4.95. The number of ketones is 1. The molecule has 16 heavy (non-hydrogen) atoms. The number of carbonyl (C=O) groups excluding carboxylic acids is 1. The molecule has 82 valence electrons. The Labute approximate surface area is 98.5 Å². The van der Waals surface area contributed by atoms with E-state index in [1.54, 1.807) is 13.2 Å². The maximum Gasteiger partial charge on any atom is 0.203 e. The van der Waals surface area contributed by atoms with Gasteiger partial charge in [0.25, 0.3) is 0 Å². The van der Waals surface area contributed by atoms with Gasteiger partial charge in [0.15, 0.2) is 0 Å². The van der Waals surface area contributed by atoms with Crippen LogP contribution < -0.4 is 4.74 Å². The van der Waals surface area contributed by atoms with Crippen LogP contribution in [0.2, 0.25) is 0 Å². The summed E-state index contributed by atoms with van der Waals surface area (Å²) >= 11 is 1.41. The number of benzene rings is 1. The molecule has 2 rings (SSSR count). The lowest BCUT2D eigenvalue weighted by Crippen LogP contribution is -2.00. The molecular formula is C13H12O2S. The summed E-state index contributed by atoms with van der Waals surface area (Å²) in [4.78, 5) is 12.9. The number of carbonyl (C=O) groups is 1. The van der Waals surface area contributed by atoms with Crippen LogP contribution in [-0.2, 0) is 0 Å². The molecule has 0 amide bonds. The van der Waals surface area contributed by atoms with E-state index < -0.39 is 0 Å². The fraction of sp³-hybridized carbons (Fsp3) is 0.154. The minimum absolute atomic E-state index is 0.0615. The van der Waals surface area contributed by atoms with Crippen molar-refractivity contribution in [2.45, 2.75) is 6.92 Å². The second kappa shape index (κ2) is 4.49. The van der Waals surface area contributed by atoms with Crippen molar-refractivity contribution in [2.75, 3.05) is 7.11 Å². The predicted molar refractivity (Wildman–Crippen MR) is 65.5 cm³/mol. The van der Waals surface area contributed by atoms with Gasteiger partial charge < -0.3 is 4.74 Å². The number of hydrogen-bond donors (Lipinski definition) is 0. The highest BCUT2D eigenvalue weighted by Crippen LogP contribution is 2.24. The van der Waals surface area contributed by atoms with E-state index in [4.69, 9.17) is 4.74 Å². The number of ether oxygens (including phenoxy) is 1. The highest BCUT2D eigenvalue weighted by atomic mass is 32.1. The fourth-order valence-corrected chi connectivity index (χ4v) is 2.31. The lowest BCUT2D eigenvalue weighted by atomic mass is 10.0. The van der Waals surface area contributed by atoms with Gasteiger partial charge in [0, 0.05) is 17.0 Å². The molecule has 2 aromatic rings. The molecule has 3 heteroatoms. The van der Waals surface area contributed by atoms with Crippen molar-refractivity contribution in [2.24, 2.45) is 0 Å². The summed E-state index contributed by atoms with van der Waals surface area (Å²) in [5, 5.41) is 1.84. The summed E-state index contributed by atoms with van der Waals surface area (Å²) in [6, 6.07) is 9.38. The summed E-state index contributed by atoms with van der Waals surface area (Å²) in [7, 11) is 1.60. The SMILES string of the molecule is COc1csc(C(=O)c2ccccc2C)c1. The number of hydrogen-bond acceptors (Lipinski definition) is 3. The van der Waals surface area contributed by atoms with Crippen molar-refractivity contribution >= 4 is 17.1 Å². The highest BCUT2D eigenvalue weighted by molar-refractivity contribution is 7.12. The maximum atomic E-state index is 12.2. The normalized spacial score (nSPS) is 10.1. The molecular weight excluding hydrogens is 220 g/mol. The van der Waals surface area contributed by atoms with Gasteiger partial charge >= 0.3 is 0 Å². The van der Waals surface area contributed by atoms with Crippen molar-refractivity contribution in [3.05, 3.63) is 51.7 Å². The standard InChI is InChI=1S/C13H12O2S/c1-9-5-3-4-6-11(9)13(14)12-7-10(15-2)8-16-12/h3-8H,1-2H3. The number of thiophene rings is 1. The van der Waals surface area contributed by atoms with Crippen LogP contribution in [0.4, 0.5) is 0 Å². The molecule has 1 aromatic heterocycles. The zero-order chi connectivity index (χ0) is 11.5. The molecule has 1 aromatic carbocycles. The first-order chi connectivity index (χ1) is 7.72. The summed E-state index contributed by atoms with van der Waals surface area (Å²) in [5.41, 5.74) is 1.76. The van der Waals surface area contributed by atoms with Gasteiger partial charge in [-0.3, -0.25) is 4.79 Å². The third-order valence-corrected chi connectivity index (χ3v) is 3.33. The minimum Gasteiger partial charge on any atom is -0.496 e. The van der Waals surface area contributed by atoms with E-state index in [9.17, 15) is 4.79 Å². The van der Waals surface area contributed by atoms with Crippen molar-refractivity contribution in [3.8, 4) is 5.75 Å². The molecule has 0 unspecified atom stereocenters. The molecule has 0 aliphatic carbocycles. The van der Waals surface area contributed by atoms with Gasteiger partial charge in [0.05, 0.1) is 12.0 Å². The largest absolute Gasteiger partial charge is 0.496 e. The molecule has 0 fully saturated rings. The lowest BCUT2D eigenvalue weighted by Gasteiger charge is -2.01. The molecule has 0 saturated carbocycles. The van der Waals surface area contributed by atoms with E-state index in [-0.39, 0.29) is 5.78 Å². The van der Waals surface area contributed by atoms with Gasteiger partial charge in [0.2, 0.25) is 5.78 Å². The summed E-state index contributed by atoms with van der Waals surface area (Å²) in [6.45, 7) is 1.94. The molecule has 1 heterocycles. The smallest absolute Gasteiger partial charge is 0.203 e. The third-order valence-electron chi connectivity index (χ3n) is 2.42. The number of methoxy groups -OCH3 is 1. The Kier molecular flexibility index (Phi) is 3.06. The predicted octanol–water partition coefficient (Wildman–Crippen LogP) is 3.30. The van der Waals surface area contributed by atoms with Gasteiger partial charge in [-0.05, 0) is 12.5 Å². The molecule has 0 radical (unpaired) electrons. The maximum absolute atomic E-state index is 12.2. The average Bonchev–Trinajstić information content (AvgIpc) is 2.77. The Morgan fingerprint density at radius 2 is 2.06 bits per heavy atom. The molecule has 0 aliphatic rings. The fourth-order valence-electron chi connectivity index (χ4n) is 1.51. The second-order valence-corrected chi connectivity index (χ2v) is 4.41. The summed E-state index contributed by atoms with van der Waals surface area (Å²) in [6.07, 6.45) is 0. The van der Waals surface area contributed by atoms with Crippen LogP contribution in [-0.4, -0.2) is 12.9 Å². The Balaban J connectivity index is 2.35. The van der Waals surface area contributed by atoms with Crippen LogP contribution in [0.25, 0.3) is 0 Å². The molecule has 0 bridgehead atoms. The first-order valence-corrected chi connectivity index (χ1v) is 5.83. The van der Waals surface area contributed by atoms with E-state index in [0.29, 0.717) is 4.88 Å². The van der Waals surface area contributed by atoms with Crippen LogP contribution in [0, 0.1) is 6.92 Å². The Morgan fingerprint density at radius 1 is 1.31 bits per heavy atom. The molecule has 0 saturated heterocycles. The zero-order valence-corrected chi connectivity index (χ0v) is 10.0. The molecule has 0 aliphatic heterocycles. The van der Waals surface area contributed by atoms with Gasteiger partial charge in [-0.25, -0.2) is 0 Å². The van der Waals surface area contributed by atoms with E-state index in [2.05, 4.69) is 0 Å². The van der Waals surface area contributed by atoms with Crippen LogP contribution >= 0.6 is 11.3 Å². The zero-order valence-electron chi connectivity index (χ0n) is 9.19. The van der Waals surface area contributed by atoms with Crippen LogP contribution in [0.15, 0.2) is 35.7 Å². The van der Waals surface area contributed by atoms with Crippen LogP contribution in [0.3, 0.4) is 0 Å². The van der Waals surface area contributed by atoms with Crippen LogP contribution in [0.5, 0.6) is 5.75 Å². The molecule has 0 spiro atoms. The molecule has 2 nitrogen and oxygen atoms in total. The topological polar surface area (TPSA) is 26.3 Å². The van der Waals surface area contributed by atoms with E-state index >= 15 is 0 Å². The van der Waals surface area contributed by atoms with Crippen molar-refractivity contribution < 1.29 is 9.53 Å². The van der Waals surface area contributed by atoms with Crippen molar-refractivity contribution in [1.29, 1.82) is 0 Å². The Bertz CT molecular complexity index is 514. The monoisotopic (exact) mass is 232 g/mol. The molecule has 0 atom stereocenters. The summed E-state index contributed by atoms with van der Waals surface area (Å²) in [5.74, 6) is 0.799. The van der Waals surface area contributed by atoms with Crippen LogP contribution in [0.1, 0.15) is 20.8 Å². The van der Waals surface area contributed by atoms with E-state index in [1.165, 1.54) is 11.3 Å². The first kappa shape index (κ1) is 10.9. The van der Waals surface area contributed by atoms with Gasteiger partial charge in [-0.2, -0.15) is 0 Å². The quantitative estimate of drug-likeness (QED) is 0.759.